The summed E-state index contributed by atoms with van der Waals surface area (Å²) in [7, 11) is 0. The second-order valence-electron chi connectivity index (χ2n) is 2.09. The van der Waals surface area contributed by atoms with Crippen molar-refractivity contribution in [2.24, 2.45) is 0 Å². The van der Waals surface area contributed by atoms with Crippen LogP contribution in [0, 0.1) is 0 Å². The summed E-state index contributed by atoms with van der Waals surface area (Å²) in [6, 6.07) is 0. The van der Waals surface area contributed by atoms with Crippen LogP contribution in [0.4, 0.5) is 0 Å². The lowest BCUT2D eigenvalue weighted by molar-refractivity contribution is 1.59. The van der Waals surface area contributed by atoms with Crippen LogP contribution in [-0.2, 0) is 0 Å². The van der Waals surface area contributed by atoms with Gasteiger partial charge in [-0.05, 0) is 0 Å². The highest BCUT2D eigenvalue weighted by atomic mass is 32.2. The summed E-state index contributed by atoms with van der Waals surface area (Å²) in [5, 5.41) is 0. The molecule has 0 atom stereocenters. The second kappa shape index (κ2) is 4.40. The predicted octanol–water partition coefficient (Wildman–Crippen LogP) is 4.06. The van der Waals surface area contributed by atoms with Gasteiger partial charge in [0.25, 0.3) is 0 Å². The Kier molecular flexibility index (Phi) is 3.71. The predicted molar refractivity (Wildman–Crippen MR) is 72.1 cm³/mol. The van der Waals surface area contributed by atoms with Crippen LogP contribution in [0.5, 0.6) is 0 Å². The molecule has 12 heavy (non-hydrogen) atoms. The molecule has 2 aliphatic rings. The Bertz CT molecular complexity index is 241. The zero-order chi connectivity index (χ0) is 8.55. The minimum Gasteiger partial charge on any atom is -0.135 e. The van der Waals surface area contributed by atoms with E-state index < -0.39 is 0 Å². The largest absolute Gasteiger partial charge is 0.135 e. The van der Waals surface area contributed by atoms with Gasteiger partial charge in [0.15, 0.2) is 0 Å². The summed E-state index contributed by atoms with van der Waals surface area (Å²) in [4.78, 5) is 0. The first-order valence-electron chi connectivity index (χ1n) is 3.25. The van der Waals surface area contributed by atoms with E-state index in [0.29, 0.717) is 0 Å². The van der Waals surface area contributed by atoms with Gasteiger partial charge in [0.05, 0.1) is 16.9 Å². The van der Waals surface area contributed by atoms with Gasteiger partial charge in [0.1, 0.15) is 0 Å². The molecule has 1 fully saturated rings. The fourth-order valence-electron chi connectivity index (χ4n) is 0.795. The van der Waals surface area contributed by atoms with E-state index >= 15 is 0 Å². The van der Waals surface area contributed by atoms with Crippen LogP contribution in [0.25, 0.3) is 0 Å². The van der Waals surface area contributed by atoms with Crippen LogP contribution >= 0.6 is 72.3 Å². The summed E-state index contributed by atoms with van der Waals surface area (Å²) < 4.78 is 4.91. The zero-order valence-corrected chi connectivity index (χ0v) is 11.0. The summed E-state index contributed by atoms with van der Waals surface area (Å²) in [6.45, 7) is 0. The molecular weight excluding hydrogens is 264 g/mol. The Labute approximate surface area is 100.0 Å². The summed E-state index contributed by atoms with van der Waals surface area (Å²) in [5.74, 6) is 2.49. The SMILES string of the molecule is SC1=C(S)SC(=C2SCCS2)S1. The molecule has 2 aliphatic heterocycles. The van der Waals surface area contributed by atoms with Crippen molar-refractivity contribution in [2.45, 2.75) is 0 Å². The molecule has 0 amide bonds. The number of hydrogen-bond donors (Lipinski definition) is 2. The van der Waals surface area contributed by atoms with E-state index in [4.69, 9.17) is 0 Å². The molecule has 0 N–H and O–H groups in total. The second-order valence-corrected chi connectivity index (χ2v) is 8.35. The maximum absolute atomic E-state index is 4.33. The lowest BCUT2D eigenvalue weighted by Crippen LogP contribution is -1.64. The maximum Gasteiger partial charge on any atom is 0.0710 e. The Morgan fingerprint density at radius 2 is 1.33 bits per heavy atom. The minimum atomic E-state index is 1.04. The van der Waals surface area contributed by atoms with Crippen molar-refractivity contribution in [2.75, 3.05) is 11.5 Å². The monoisotopic (exact) mass is 270 g/mol. The number of rotatable bonds is 0. The fourth-order valence-corrected chi connectivity index (χ4v) is 6.91. The van der Waals surface area contributed by atoms with E-state index in [2.05, 4.69) is 25.3 Å². The van der Waals surface area contributed by atoms with Crippen molar-refractivity contribution >= 4 is 72.3 Å². The third-order valence-electron chi connectivity index (χ3n) is 1.28. The fraction of sp³-hybridized carbons (Fsp3) is 0.333. The highest BCUT2D eigenvalue weighted by molar-refractivity contribution is 8.39. The van der Waals surface area contributed by atoms with E-state index in [1.54, 1.807) is 23.5 Å². The molecule has 0 bridgehead atoms. The Morgan fingerprint density at radius 1 is 0.833 bits per heavy atom. The maximum atomic E-state index is 4.33. The molecule has 66 valence electrons. The Morgan fingerprint density at radius 3 is 1.83 bits per heavy atom. The average Bonchev–Trinajstić information content (AvgIpc) is 2.61. The van der Waals surface area contributed by atoms with Crippen molar-refractivity contribution in [3.05, 3.63) is 16.9 Å². The van der Waals surface area contributed by atoms with Crippen LogP contribution < -0.4 is 0 Å². The average molecular weight is 271 g/mol. The van der Waals surface area contributed by atoms with Gasteiger partial charge in [-0.25, -0.2) is 0 Å². The Balaban J connectivity index is 2.15. The molecule has 0 aromatic heterocycles. The van der Waals surface area contributed by atoms with Crippen molar-refractivity contribution in [3.63, 3.8) is 0 Å². The third kappa shape index (κ3) is 2.15. The molecule has 0 spiro atoms. The van der Waals surface area contributed by atoms with Gasteiger partial charge in [-0.15, -0.1) is 48.8 Å². The summed E-state index contributed by atoms with van der Waals surface area (Å²) >= 11 is 16.0. The van der Waals surface area contributed by atoms with E-state index in [0.717, 1.165) is 8.47 Å². The smallest absolute Gasteiger partial charge is 0.0710 e. The number of thiol groups is 2. The molecule has 0 aromatic rings. The molecule has 0 nitrogen and oxygen atoms in total. The van der Waals surface area contributed by atoms with E-state index in [1.165, 1.54) is 20.0 Å². The van der Waals surface area contributed by atoms with Crippen LogP contribution in [0.2, 0.25) is 0 Å². The normalized spacial score (nSPS) is 24.5. The lowest BCUT2D eigenvalue weighted by Gasteiger charge is -1.98. The standard InChI is InChI=1S/C6H6S6/c7-3-4(8)12-6(11-3)5-9-1-2-10-5/h7-8H,1-2H2. The van der Waals surface area contributed by atoms with Crippen LogP contribution in [0.15, 0.2) is 16.9 Å². The molecule has 2 rings (SSSR count). The molecule has 0 saturated carbocycles. The van der Waals surface area contributed by atoms with Crippen LogP contribution in [-0.4, -0.2) is 11.5 Å². The van der Waals surface area contributed by atoms with Gasteiger partial charge in [0, 0.05) is 11.5 Å². The molecule has 0 aliphatic carbocycles. The van der Waals surface area contributed by atoms with Gasteiger partial charge in [-0.2, -0.15) is 0 Å². The lowest BCUT2D eigenvalue weighted by atomic mass is 11.0. The number of thioether (sulfide) groups is 4. The molecule has 1 saturated heterocycles. The first-order valence-corrected chi connectivity index (χ1v) is 7.75. The molecule has 2 heterocycles. The summed E-state index contributed by atoms with van der Waals surface area (Å²) in [5.41, 5.74) is 0. The third-order valence-corrected chi connectivity index (χ3v) is 8.19. The molecular formula is C6H6S6. The molecule has 0 radical (unpaired) electrons. The van der Waals surface area contributed by atoms with Crippen molar-refractivity contribution in [1.29, 1.82) is 0 Å². The van der Waals surface area contributed by atoms with Crippen molar-refractivity contribution < 1.29 is 0 Å². The van der Waals surface area contributed by atoms with Crippen LogP contribution in [0.1, 0.15) is 0 Å². The van der Waals surface area contributed by atoms with Gasteiger partial charge in [-0.3, -0.25) is 0 Å². The molecule has 0 aromatic carbocycles. The first kappa shape index (κ1) is 10.1. The van der Waals surface area contributed by atoms with E-state index in [9.17, 15) is 0 Å². The molecule has 6 heteroatoms. The highest BCUT2D eigenvalue weighted by Gasteiger charge is 2.22. The first-order chi connectivity index (χ1) is 5.77. The van der Waals surface area contributed by atoms with Gasteiger partial charge in [0.2, 0.25) is 0 Å². The van der Waals surface area contributed by atoms with Gasteiger partial charge < -0.3 is 0 Å². The topological polar surface area (TPSA) is 0 Å². The van der Waals surface area contributed by atoms with Gasteiger partial charge in [-0.1, -0.05) is 23.5 Å². The Hall–Kier alpha value is 1.58. The van der Waals surface area contributed by atoms with Gasteiger partial charge >= 0.3 is 0 Å². The minimum absolute atomic E-state index is 1.04. The molecule has 0 unspecified atom stereocenters. The summed E-state index contributed by atoms with van der Waals surface area (Å²) in [6.07, 6.45) is 0. The van der Waals surface area contributed by atoms with Crippen molar-refractivity contribution in [1.82, 2.24) is 0 Å². The van der Waals surface area contributed by atoms with Crippen LogP contribution in [0.3, 0.4) is 0 Å². The van der Waals surface area contributed by atoms with E-state index in [-0.39, 0.29) is 0 Å². The highest BCUT2D eigenvalue weighted by Crippen LogP contribution is 2.57. The zero-order valence-electron chi connectivity index (χ0n) is 5.94. The number of hydrogen-bond acceptors (Lipinski definition) is 6. The van der Waals surface area contributed by atoms with Crippen molar-refractivity contribution in [3.8, 4) is 0 Å². The quantitative estimate of drug-likeness (QED) is 0.637. The van der Waals surface area contributed by atoms with E-state index in [1.807, 2.05) is 23.5 Å².